The van der Waals surface area contributed by atoms with Gasteiger partial charge in [-0.2, -0.15) is 5.10 Å². The number of nitrogens with one attached hydrogen (secondary N) is 1. The van der Waals surface area contributed by atoms with Gasteiger partial charge in [0.2, 0.25) is 0 Å². The molecule has 9 heteroatoms. The number of phenols is 2. The third kappa shape index (κ3) is 4.74. The van der Waals surface area contributed by atoms with Crippen molar-refractivity contribution in [3.8, 4) is 40.1 Å². The Kier molecular flexibility index (Phi) is 6.33. The van der Waals surface area contributed by atoms with Gasteiger partial charge in [0.05, 0.1) is 11.3 Å². The smallest absolute Gasteiger partial charge is 0.348 e. The van der Waals surface area contributed by atoms with Gasteiger partial charge in [0.1, 0.15) is 23.0 Å². The Morgan fingerprint density at radius 2 is 1.57 bits per heavy atom. The van der Waals surface area contributed by atoms with Crippen LogP contribution in [0.25, 0.3) is 17.1 Å². The minimum absolute atomic E-state index is 0.0000333. The summed E-state index contributed by atoms with van der Waals surface area (Å²) in [4.78, 5) is 26.1. The van der Waals surface area contributed by atoms with Crippen LogP contribution < -0.4 is 10.4 Å². The molecule has 1 amide bonds. The van der Waals surface area contributed by atoms with Gasteiger partial charge in [-0.05, 0) is 66.1 Å². The quantitative estimate of drug-likeness (QED) is 0.384. The molecule has 0 radical (unpaired) electrons. The van der Waals surface area contributed by atoms with Crippen molar-refractivity contribution in [2.24, 2.45) is 0 Å². The Hall–Kier alpha value is -4.53. The fourth-order valence-corrected chi connectivity index (χ4v) is 3.68. The van der Waals surface area contributed by atoms with Gasteiger partial charge in [-0.15, -0.1) is 0 Å². The number of benzene rings is 3. The Balaban J connectivity index is 1.62. The Morgan fingerprint density at radius 3 is 2.14 bits per heavy atom. The third-order valence-electron chi connectivity index (χ3n) is 5.52. The van der Waals surface area contributed by atoms with Gasteiger partial charge in [0.25, 0.3) is 5.91 Å². The highest BCUT2D eigenvalue weighted by Crippen LogP contribution is 2.37. The fourth-order valence-electron chi connectivity index (χ4n) is 3.68. The second-order valence-corrected chi connectivity index (χ2v) is 8.59. The van der Waals surface area contributed by atoms with Crippen LogP contribution in [0.3, 0.4) is 0 Å². The molecule has 0 aliphatic carbocycles. The van der Waals surface area contributed by atoms with Gasteiger partial charge in [0.15, 0.2) is 5.82 Å². The number of aromatic amines is 1. The molecule has 1 heterocycles. The topological polar surface area (TPSA) is 121 Å². The van der Waals surface area contributed by atoms with E-state index in [4.69, 9.17) is 4.74 Å². The number of ether oxygens (including phenoxy) is 1. The first-order valence-corrected chi connectivity index (χ1v) is 11.0. The van der Waals surface area contributed by atoms with Crippen LogP contribution in [0.15, 0.2) is 65.5 Å². The second-order valence-electron chi connectivity index (χ2n) is 8.59. The Bertz CT molecular complexity index is 1420. The van der Waals surface area contributed by atoms with E-state index < -0.39 is 5.69 Å². The van der Waals surface area contributed by atoms with E-state index in [1.54, 1.807) is 68.7 Å². The summed E-state index contributed by atoms with van der Waals surface area (Å²) < 4.78 is 7.20. The number of aromatic nitrogens is 3. The lowest BCUT2D eigenvalue weighted by Gasteiger charge is -2.13. The number of carbonyl (C=O) groups is 1. The summed E-state index contributed by atoms with van der Waals surface area (Å²) >= 11 is 0. The molecule has 0 atom stereocenters. The molecule has 180 valence electrons. The molecule has 0 saturated carbocycles. The first-order chi connectivity index (χ1) is 16.7. The molecule has 0 saturated heterocycles. The SMILES string of the molecule is CC(C)c1cc(-c2n[nH]c(=O)n2-c2ccc(Oc3ccc(C(=O)N(C)C)cc3)cc2)c(O)cc1O. The first kappa shape index (κ1) is 23.6. The predicted molar refractivity (Wildman–Crippen MR) is 132 cm³/mol. The zero-order valence-electron chi connectivity index (χ0n) is 19.8. The van der Waals surface area contributed by atoms with E-state index in [2.05, 4.69) is 10.2 Å². The molecule has 1 aromatic heterocycles. The zero-order valence-corrected chi connectivity index (χ0v) is 19.8. The lowest BCUT2D eigenvalue weighted by atomic mass is 9.98. The fraction of sp³-hybridized carbons (Fsp3) is 0.192. The van der Waals surface area contributed by atoms with Crippen LogP contribution >= 0.6 is 0 Å². The minimum Gasteiger partial charge on any atom is -0.508 e. The summed E-state index contributed by atoms with van der Waals surface area (Å²) in [5.74, 6) is 0.999. The van der Waals surface area contributed by atoms with Crippen molar-refractivity contribution in [3.05, 3.63) is 82.3 Å². The monoisotopic (exact) mass is 474 g/mol. The number of rotatable bonds is 6. The van der Waals surface area contributed by atoms with Crippen molar-refractivity contribution in [2.45, 2.75) is 19.8 Å². The molecule has 0 aliphatic heterocycles. The molecule has 0 aliphatic rings. The Morgan fingerprint density at radius 1 is 0.971 bits per heavy atom. The second kappa shape index (κ2) is 9.38. The summed E-state index contributed by atoms with van der Waals surface area (Å²) in [6.07, 6.45) is 0. The number of nitrogens with zero attached hydrogens (tertiary/aromatic N) is 3. The third-order valence-corrected chi connectivity index (χ3v) is 5.52. The molecule has 9 nitrogen and oxygen atoms in total. The van der Waals surface area contributed by atoms with Gasteiger partial charge in [-0.25, -0.2) is 14.5 Å². The molecule has 4 aromatic rings. The number of phenolic OH excluding ortho intramolecular Hbond substituents is 2. The van der Waals surface area contributed by atoms with Crippen LogP contribution in [0.2, 0.25) is 0 Å². The molecule has 0 unspecified atom stereocenters. The summed E-state index contributed by atoms with van der Waals surface area (Å²) in [5.41, 5.74) is 1.53. The standard InChI is InChI=1S/C26H26N4O5/c1-15(2)20-13-21(23(32)14-22(20)31)24-27-28-26(34)30(24)17-7-11-19(12-8-17)35-18-9-5-16(6-10-18)25(33)29(3)4/h5-15,31-32H,1-4H3,(H,28,34). The lowest BCUT2D eigenvalue weighted by molar-refractivity contribution is 0.0827. The number of H-pyrrole nitrogens is 1. The van der Waals surface area contributed by atoms with Gasteiger partial charge >= 0.3 is 5.69 Å². The zero-order chi connectivity index (χ0) is 25.3. The normalized spacial score (nSPS) is 11.0. The maximum absolute atomic E-state index is 12.6. The van der Waals surface area contributed by atoms with Crippen molar-refractivity contribution >= 4 is 5.91 Å². The van der Waals surface area contributed by atoms with Crippen LogP contribution in [-0.4, -0.2) is 49.9 Å². The molecular weight excluding hydrogens is 448 g/mol. The highest BCUT2D eigenvalue weighted by molar-refractivity contribution is 5.93. The van der Waals surface area contributed by atoms with E-state index in [0.29, 0.717) is 33.9 Å². The number of amides is 1. The lowest BCUT2D eigenvalue weighted by Crippen LogP contribution is -2.21. The maximum Gasteiger partial charge on any atom is 0.348 e. The summed E-state index contributed by atoms with van der Waals surface area (Å²) in [7, 11) is 3.38. The van der Waals surface area contributed by atoms with Crippen LogP contribution in [0, 0.1) is 0 Å². The molecule has 0 bridgehead atoms. The Labute approximate surface area is 201 Å². The molecule has 3 aromatic carbocycles. The van der Waals surface area contributed by atoms with E-state index in [-0.39, 0.29) is 29.1 Å². The number of aromatic hydroxyl groups is 2. The van der Waals surface area contributed by atoms with E-state index >= 15 is 0 Å². The summed E-state index contributed by atoms with van der Waals surface area (Å²) in [5, 5.41) is 27.1. The average molecular weight is 475 g/mol. The average Bonchev–Trinajstić information content (AvgIpc) is 3.20. The van der Waals surface area contributed by atoms with E-state index in [0.717, 1.165) is 0 Å². The van der Waals surface area contributed by atoms with Crippen molar-refractivity contribution in [1.29, 1.82) is 0 Å². The van der Waals surface area contributed by atoms with Crippen LogP contribution in [0.4, 0.5) is 0 Å². The molecule has 3 N–H and O–H groups in total. The molecule has 0 fully saturated rings. The first-order valence-electron chi connectivity index (χ1n) is 11.0. The van der Waals surface area contributed by atoms with Gasteiger partial charge in [-0.3, -0.25) is 4.79 Å². The minimum atomic E-state index is -0.478. The van der Waals surface area contributed by atoms with Gasteiger partial charge in [0, 0.05) is 25.7 Å². The number of hydrogen-bond acceptors (Lipinski definition) is 6. The highest BCUT2D eigenvalue weighted by atomic mass is 16.5. The maximum atomic E-state index is 12.6. The van der Waals surface area contributed by atoms with E-state index in [9.17, 15) is 19.8 Å². The van der Waals surface area contributed by atoms with Crippen molar-refractivity contribution < 1.29 is 19.7 Å². The summed E-state index contributed by atoms with van der Waals surface area (Å²) in [6.45, 7) is 3.83. The number of hydrogen-bond donors (Lipinski definition) is 3. The van der Waals surface area contributed by atoms with Gasteiger partial charge < -0.3 is 19.8 Å². The summed E-state index contributed by atoms with van der Waals surface area (Å²) in [6, 6.07) is 16.5. The van der Waals surface area contributed by atoms with E-state index in [1.807, 2.05) is 13.8 Å². The highest BCUT2D eigenvalue weighted by Gasteiger charge is 2.19. The van der Waals surface area contributed by atoms with Crippen LogP contribution in [-0.2, 0) is 0 Å². The molecule has 35 heavy (non-hydrogen) atoms. The van der Waals surface area contributed by atoms with Crippen LogP contribution in [0.5, 0.6) is 23.0 Å². The van der Waals surface area contributed by atoms with Crippen molar-refractivity contribution in [1.82, 2.24) is 19.7 Å². The van der Waals surface area contributed by atoms with Crippen LogP contribution in [0.1, 0.15) is 35.7 Å². The van der Waals surface area contributed by atoms with Crippen molar-refractivity contribution in [2.75, 3.05) is 14.1 Å². The molecular formula is C26H26N4O5. The van der Waals surface area contributed by atoms with Gasteiger partial charge in [-0.1, -0.05) is 13.8 Å². The predicted octanol–water partition coefficient (Wildman–Crippen LogP) is 4.26. The van der Waals surface area contributed by atoms with Crippen molar-refractivity contribution in [3.63, 3.8) is 0 Å². The molecule has 0 spiro atoms. The number of carbonyl (C=O) groups excluding carboxylic acids is 1. The van der Waals surface area contributed by atoms with E-state index in [1.165, 1.54) is 15.5 Å². The molecule has 4 rings (SSSR count). The largest absolute Gasteiger partial charge is 0.508 e.